The monoisotopic (exact) mass is 488 g/mol. The van der Waals surface area contributed by atoms with Crippen molar-refractivity contribution in [2.75, 3.05) is 30.4 Å². The van der Waals surface area contributed by atoms with E-state index in [4.69, 9.17) is 4.74 Å². The van der Waals surface area contributed by atoms with Gasteiger partial charge in [-0.05, 0) is 60.3 Å². The molecule has 1 N–H and O–H groups in total. The Labute approximate surface area is 196 Å². The van der Waals surface area contributed by atoms with E-state index in [0.717, 1.165) is 15.6 Å². The van der Waals surface area contributed by atoms with Gasteiger partial charge in [-0.25, -0.2) is 8.42 Å². The van der Waals surface area contributed by atoms with E-state index >= 15 is 0 Å². The molecule has 0 fully saturated rings. The molecule has 0 saturated heterocycles. The van der Waals surface area contributed by atoms with Gasteiger partial charge < -0.3 is 14.8 Å². The standard InChI is InChI=1S/C23H24N2O6S2/c1-4-31-19-10-8-18(9-11-19)25(2)33(28,29)20-12-13-32-22(20)23(27)24-17-7-5-6-16(14-17)15-21(26)30-3/h5-14H,4,15H2,1-3H3,(H,24,27). The van der Waals surface area contributed by atoms with Gasteiger partial charge in [0.1, 0.15) is 15.5 Å². The minimum Gasteiger partial charge on any atom is -0.494 e. The van der Waals surface area contributed by atoms with Gasteiger partial charge in [-0.1, -0.05) is 12.1 Å². The molecule has 3 aromatic rings. The van der Waals surface area contributed by atoms with Crippen molar-refractivity contribution in [2.24, 2.45) is 0 Å². The molecule has 2 aromatic carbocycles. The summed E-state index contributed by atoms with van der Waals surface area (Å²) in [5.74, 6) is -0.321. The van der Waals surface area contributed by atoms with E-state index in [1.165, 1.54) is 20.2 Å². The normalized spacial score (nSPS) is 11.0. The molecule has 3 rings (SSSR count). The number of benzene rings is 2. The minimum atomic E-state index is -3.99. The Balaban J connectivity index is 1.81. The summed E-state index contributed by atoms with van der Waals surface area (Å²) in [5, 5.41) is 4.27. The average Bonchev–Trinajstić information content (AvgIpc) is 3.31. The summed E-state index contributed by atoms with van der Waals surface area (Å²) >= 11 is 1.03. The molecular weight excluding hydrogens is 464 g/mol. The lowest BCUT2D eigenvalue weighted by Gasteiger charge is -2.20. The number of nitrogens with one attached hydrogen (secondary N) is 1. The summed E-state index contributed by atoms with van der Waals surface area (Å²) in [4.78, 5) is 24.4. The maximum absolute atomic E-state index is 13.3. The van der Waals surface area contributed by atoms with Crippen LogP contribution in [0.1, 0.15) is 22.2 Å². The van der Waals surface area contributed by atoms with Gasteiger partial charge in [-0.3, -0.25) is 13.9 Å². The molecule has 10 heteroatoms. The highest BCUT2D eigenvalue weighted by Gasteiger charge is 2.28. The molecule has 174 valence electrons. The molecule has 1 heterocycles. The van der Waals surface area contributed by atoms with Gasteiger partial charge in [0.05, 0.1) is 25.8 Å². The van der Waals surface area contributed by atoms with Gasteiger partial charge in [0.25, 0.3) is 15.9 Å². The third-order valence-electron chi connectivity index (χ3n) is 4.75. The first-order chi connectivity index (χ1) is 15.8. The second kappa shape index (κ2) is 10.5. The average molecular weight is 489 g/mol. The number of ether oxygens (including phenoxy) is 2. The Morgan fingerprint density at radius 2 is 1.82 bits per heavy atom. The molecule has 0 radical (unpaired) electrons. The lowest BCUT2D eigenvalue weighted by Crippen LogP contribution is -2.28. The molecule has 0 saturated carbocycles. The summed E-state index contributed by atoms with van der Waals surface area (Å²) in [6.45, 7) is 2.37. The number of thiophene rings is 1. The van der Waals surface area contributed by atoms with Crippen molar-refractivity contribution in [1.29, 1.82) is 0 Å². The first-order valence-corrected chi connectivity index (χ1v) is 12.3. The molecule has 8 nitrogen and oxygen atoms in total. The van der Waals surface area contributed by atoms with E-state index in [0.29, 0.717) is 29.3 Å². The van der Waals surface area contributed by atoms with Crippen LogP contribution in [-0.2, 0) is 26.0 Å². The van der Waals surface area contributed by atoms with Crippen molar-refractivity contribution in [3.63, 3.8) is 0 Å². The second-order valence-corrected chi connectivity index (χ2v) is 9.77. The van der Waals surface area contributed by atoms with Crippen LogP contribution < -0.4 is 14.4 Å². The fourth-order valence-electron chi connectivity index (χ4n) is 3.06. The molecule has 0 aliphatic rings. The maximum Gasteiger partial charge on any atom is 0.309 e. The number of methoxy groups -OCH3 is 1. The Morgan fingerprint density at radius 1 is 1.09 bits per heavy atom. The SMILES string of the molecule is CCOc1ccc(N(C)S(=O)(=O)c2ccsc2C(=O)Nc2cccc(CC(=O)OC)c2)cc1. The van der Waals surface area contributed by atoms with Crippen LogP contribution in [0, 0.1) is 0 Å². The largest absolute Gasteiger partial charge is 0.494 e. The fourth-order valence-corrected chi connectivity index (χ4v) is 5.55. The number of nitrogens with zero attached hydrogens (tertiary/aromatic N) is 1. The predicted molar refractivity (Wildman–Crippen MR) is 128 cm³/mol. The van der Waals surface area contributed by atoms with Crippen molar-refractivity contribution in [2.45, 2.75) is 18.2 Å². The molecule has 1 amide bonds. The molecule has 33 heavy (non-hydrogen) atoms. The number of esters is 1. The molecule has 0 aliphatic carbocycles. The molecule has 1 aromatic heterocycles. The van der Waals surface area contributed by atoms with Crippen molar-refractivity contribution >= 4 is 44.6 Å². The Kier molecular flexibility index (Phi) is 7.72. The number of hydrogen-bond acceptors (Lipinski definition) is 7. The molecule has 0 bridgehead atoms. The third-order valence-corrected chi connectivity index (χ3v) is 7.62. The number of rotatable bonds is 9. The van der Waals surface area contributed by atoms with Crippen LogP contribution in [0.5, 0.6) is 5.75 Å². The number of carbonyl (C=O) groups is 2. The van der Waals surface area contributed by atoms with Crippen LogP contribution in [0.15, 0.2) is 64.9 Å². The van der Waals surface area contributed by atoms with Crippen LogP contribution in [0.2, 0.25) is 0 Å². The van der Waals surface area contributed by atoms with E-state index in [1.807, 2.05) is 6.92 Å². The quantitative estimate of drug-likeness (QED) is 0.458. The fraction of sp³-hybridized carbons (Fsp3) is 0.217. The topological polar surface area (TPSA) is 102 Å². The molecule has 0 aliphatic heterocycles. The molecular formula is C23H24N2O6S2. The Hall–Kier alpha value is -3.37. The molecule has 0 spiro atoms. The number of amides is 1. The Bertz CT molecular complexity index is 1240. The van der Waals surface area contributed by atoms with Crippen molar-refractivity contribution in [1.82, 2.24) is 0 Å². The van der Waals surface area contributed by atoms with Crippen LogP contribution in [0.4, 0.5) is 11.4 Å². The first-order valence-electron chi connectivity index (χ1n) is 10.0. The van der Waals surface area contributed by atoms with Crippen molar-refractivity contribution < 1.29 is 27.5 Å². The first kappa shape index (κ1) is 24.3. The van der Waals surface area contributed by atoms with E-state index in [-0.39, 0.29) is 16.2 Å². The number of hydrogen-bond donors (Lipinski definition) is 1. The van der Waals surface area contributed by atoms with E-state index < -0.39 is 21.9 Å². The van der Waals surface area contributed by atoms with E-state index in [2.05, 4.69) is 10.1 Å². The lowest BCUT2D eigenvalue weighted by atomic mass is 10.1. The molecule has 0 atom stereocenters. The van der Waals surface area contributed by atoms with E-state index in [9.17, 15) is 18.0 Å². The lowest BCUT2D eigenvalue weighted by molar-refractivity contribution is -0.139. The van der Waals surface area contributed by atoms with Gasteiger partial charge in [0.2, 0.25) is 0 Å². The van der Waals surface area contributed by atoms with Crippen LogP contribution in [-0.4, -0.2) is 41.1 Å². The zero-order valence-electron chi connectivity index (χ0n) is 18.4. The maximum atomic E-state index is 13.3. The highest BCUT2D eigenvalue weighted by Crippen LogP contribution is 2.29. The van der Waals surface area contributed by atoms with Gasteiger partial charge in [0, 0.05) is 12.7 Å². The van der Waals surface area contributed by atoms with Gasteiger partial charge >= 0.3 is 5.97 Å². The molecule has 0 unspecified atom stereocenters. The predicted octanol–water partition coefficient (Wildman–Crippen LogP) is 3.94. The summed E-state index contributed by atoms with van der Waals surface area (Å²) in [6, 6.07) is 14.8. The van der Waals surface area contributed by atoms with Crippen LogP contribution in [0.3, 0.4) is 0 Å². The number of carbonyl (C=O) groups excluding carboxylic acids is 2. The van der Waals surface area contributed by atoms with Gasteiger partial charge in [0.15, 0.2) is 0 Å². The highest BCUT2D eigenvalue weighted by atomic mass is 32.2. The number of anilines is 2. The van der Waals surface area contributed by atoms with Gasteiger partial charge in [-0.2, -0.15) is 0 Å². The van der Waals surface area contributed by atoms with Crippen LogP contribution >= 0.6 is 11.3 Å². The summed E-state index contributed by atoms with van der Waals surface area (Å²) in [6.07, 6.45) is 0.0612. The van der Waals surface area contributed by atoms with E-state index in [1.54, 1.807) is 53.9 Å². The minimum absolute atomic E-state index is 0.0612. The van der Waals surface area contributed by atoms with Crippen LogP contribution in [0.25, 0.3) is 0 Å². The number of sulfonamides is 1. The Morgan fingerprint density at radius 3 is 2.48 bits per heavy atom. The van der Waals surface area contributed by atoms with Gasteiger partial charge in [-0.15, -0.1) is 11.3 Å². The van der Waals surface area contributed by atoms with Crippen molar-refractivity contribution in [3.05, 3.63) is 70.4 Å². The second-order valence-electron chi connectivity index (χ2n) is 6.92. The highest BCUT2D eigenvalue weighted by molar-refractivity contribution is 7.93. The van der Waals surface area contributed by atoms with Crippen molar-refractivity contribution in [3.8, 4) is 5.75 Å². The summed E-state index contributed by atoms with van der Waals surface area (Å²) < 4.78 is 37.7. The zero-order valence-corrected chi connectivity index (χ0v) is 20.0. The smallest absolute Gasteiger partial charge is 0.309 e. The summed E-state index contributed by atoms with van der Waals surface area (Å²) in [7, 11) is -1.25. The summed E-state index contributed by atoms with van der Waals surface area (Å²) in [5.41, 5.74) is 1.54. The zero-order chi connectivity index (χ0) is 24.0. The third kappa shape index (κ3) is 5.71.